The molecule has 3 atom stereocenters. The third kappa shape index (κ3) is 7.42. The van der Waals surface area contributed by atoms with Crippen molar-refractivity contribution in [2.75, 3.05) is 40.8 Å². The number of guanidine groups is 1. The zero-order chi connectivity index (χ0) is 22.2. The number of rotatable bonds is 7. The second-order valence-corrected chi connectivity index (χ2v) is 8.47. The molecule has 3 unspecified atom stereocenters. The number of benzene rings is 2. The first-order chi connectivity index (χ1) is 15.0. The van der Waals surface area contributed by atoms with Crippen molar-refractivity contribution >= 4 is 29.9 Å². The Bertz CT molecular complexity index is 859. The predicted molar refractivity (Wildman–Crippen MR) is 140 cm³/mol. The Hall–Kier alpha value is -1.71. The molecule has 0 aromatic heterocycles. The van der Waals surface area contributed by atoms with Gasteiger partial charge in [-0.3, -0.25) is 4.99 Å². The number of nitrogens with zero attached hydrogens (tertiary/aromatic N) is 2. The third-order valence-corrected chi connectivity index (χ3v) is 5.93. The molecule has 0 bridgehead atoms. The van der Waals surface area contributed by atoms with Crippen LogP contribution >= 0.6 is 24.0 Å². The fourth-order valence-electron chi connectivity index (χ4n) is 4.13. The van der Waals surface area contributed by atoms with Gasteiger partial charge < -0.3 is 20.3 Å². The van der Waals surface area contributed by atoms with E-state index in [2.05, 4.69) is 51.7 Å². The number of hydrogen-bond donors (Lipinski definition) is 2. The molecular weight excluding hydrogens is 518 g/mol. The van der Waals surface area contributed by atoms with E-state index < -0.39 is 0 Å². The maximum Gasteiger partial charge on any atom is 0.191 e. The van der Waals surface area contributed by atoms with E-state index in [0.29, 0.717) is 12.5 Å². The molecule has 32 heavy (non-hydrogen) atoms. The van der Waals surface area contributed by atoms with Crippen molar-refractivity contribution < 1.29 is 9.13 Å². The van der Waals surface area contributed by atoms with Gasteiger partial charge in [0.05, 0.1) is 12.1 Å². The summed E-state index contributed by atoms with van der Waals surface area (Å²) in [7, 11) is 5.77. The Kier molecular flexibility index (Phi) is 10.9. The minimum atomic E-state index is -0.216. The molecule has 0 spiro atoms. The van der Waals surface area contributed by atoms with Crippen LogP contribution in [0.5, 0.6) is 0 Å². The number of ether oxygens (including phenoxy) is 1. The van der Waals surface area contributed by atoms with E-state index in [1.165, 1.54) is 17.2 Å². The summed E-state index contributed by atoms with van der Waals surface area (Å²) in [4.78, 5) is 6.47. The summed E-state index contributed by atoms with van der Waals surface area (Å²) in [5.41, 5.74) is 3.43. The van der Waals surface area contributed by atoms with E-state index in [0.717, 1.165) is 37.5 Å². The summed E-state index contributed by atoms with van der Waals surface area (Å²) < 4.78 is 19.8. The molecule has 176 valence electrons. The lowest BCUT2D eigenvalue weighted by Gasteiger charge is -2.33. The van der Waals surface area contributed by atoms with Crippen LogP contribution in [0.3, 0.4) is 0 Å². The van der Waals surface area contributed by atoms with Crippen molar-refractivity contribution in [3.05, 3.63) is 71.0 Å². The van der Waals surface area contributed by atoms with Crippen molar-refractivity contribution in [2.24, 2.45) is 10.9 Å². The Labute approximate surface area is 208 Å². The maximum atomic E-state index is 13.7. The molecule has 1 fully saturated rings. The number of nitrogens with one attached hydrogen (secondary N) is 2. The number of aryl methyl sites for hydroxylation is 1. The van der Waals surface area contributed by atoms with Crippen molar-refractivity contribution in [3.8, 4) is 0 Å². The lowest BCUT2D eigenvalue weighted by Crippen LogP contribution is -2.44. The monoisotopic (exact) mass is 554 g/mol. The van der Waals surface area contributed by atoms with Crippen LogP contribution in [0.4, 0.5) is 4.39 Å². The molecule has 1 saturated heterocycles. The first kappa shape index (κ1) is 26.5. The topological polar surface area (TPSA) is 48.9 Å². The Morgan fingerprint density at radius 3 is 2.59 bits per heavy atom. The zero-order valence-corrected chi connectivity index (χ0v) is 21.8. The average Bonchev–Trinajstić information content (AvgIpc) is 2.77. The summed E-state index contributed by atoms with van der Waals surface area (Å²) in [6.45, 7) is 4.31. The van der Waals surface area contributed by atoms with E-state index >= 15 is 0 Å². The van der Waals surface area contributed by atoms with Crippen LogP contribution in [0.1, 0.15) is 41.7 Å². The highest BCUT2D eigenvalue weighted by molar-refractivity contribution is 14.0. The summed E-state index contributed by atoms with van der Waals surface area (Å²) in [5.74, 6) is 0.908. The van der Waals surface area contributed by atoms with E-state index in [4.69, 9.17) is 4.74 Å². The second kappa shape index (κ2) is 13.1. The highest BCUT2D eigenvalue weighted by Gasteiger charge is 2.27. The molecule has 1 aliphatic heterocycles. The molecule has 3 rings (SSSR count). The van der Waals surface area contributed by atoms with Gasteiger partial charge in [-0.05, 0) is 57.1 Å². The molecular formula is C25H36FIN4O. The van der Waals surface area contributed by atoms with Gasteiger partial charge in [-0.1, -0.05) is 42.0 Å². The molecule has 5 nitrogen and oxygen atoms in total. The van der Waals surface area contributed by atoms with Crippen LogP contribution in [0.25, 0.3) is 0 Å². The number of aliphatic imine (C=N–C) groups is 1. The Morgan fingerprint density at radius 2 is 1.94 bits per heavy atom. The Morgan fingerprint density at radius 1 is 1.19 bits per heavy atom. The molecule has 0 saturated carbocycles. The van der Waals surface area contributed by atoms with Crippen LogP contribution in [0, 0.1) is 18.7 Å². The molecule has 1 heterocycles. The van der Waals surface area contributed by atoms with Gasteiger partial charge in [0.15, 0.2) is 5.96 Å². The van der Waals surface area contributed by atoms with Crippen molar-refractivity contribution in [1.82, 2.24) is 15.5 Å². The van der Waals surface area contributed by atoms with Crippen LogP contribution in [0.2, 0.25) is 0 Å². The molecule has 2 N–H and O–H groups in total. The third-order valence-electron chi connectivity index (χ3n) is 5.93. The minimum absolute atomic E-state index is 0. The molecule has 0 radical (unpaired) electrons. The lowest BCUT2D eigenvalue weighted by molar-refractivity contribution is -0.0265. The second-order valence-electron chi connectivity index (χ2n) is 8.47. The lowest BCUT2D eigenvalue weighted by atomic mass is 9.89. The summed E-state index contributed by atoms with van der Waals surface area (Å²) in [6.07, 6.45) is 2.29. The van der Waals surface area contributed by atoms with Gasteiger partial charge in [-0.2, -0.15) is 0 Å². The smallest absolute Gasteiger partial charge is 0.191 e. The van der Waals surface area contributed by atoms with Gasteiger partial charge in [0, 0.05) is 32.7 Å². The predicted octanol–water partition coefficient (Wildman–Crippen LogP) is 4.69. The van der Waals surface area contributed by atoms with Crippen LogP contribution in [-0.4, -0.2) is 51.7 Å². The Balaban J connectivity index is 0.00000363. The first-order valence-corrected chi connectivity index (χ1v) is 11.0. The molecule has 1 aliphatic rings. The molecule has 0 amide bonds. The van der Waals surface area contributed by atoms with Gasteiger partial charge in [0.2, 0.25) is 0 Å². The van der Waals surface area contributed by atoms with Gasteiger partial charge in [-0.25, -0.2) is 4.39 Å². The SMILES string of the molecule is CN=C(NCC1CCCOC1c1ccc(C)cc1)NCC(c1cccc(F)c1)N(C)C.I. The van der Waals surface area contributed by atoms with Crippen molar-refractivity contribution in [3.63, 3.8) is 0 Å². The standard InChI is InChI=1S/C25H35FN4O.HI/c1-18-10-12-19(13-11-18)24-21(8-6-14-31-24)16-28-25(27-2)29-17-23(30(3)4)20-7-5-9-22(26)15-20;/h5,7,9-13,15,21,23-24H,6,8,14,16-17H2,1-4H3,(H2,27,28,29);1H. The molecule has 0 aliphatic carbocycles. The fraction of sp³-hybridized carbons (Fsp3) is 0.480. The van der Waals surface area contributed by atoms with E-state index in [9.17, 15) is 4.39 Å². The average molecular weight is 554 g/mol. The van der Waals surface area contributed by atoms with Gasteiger partial charge in [0.25, 0.3) is 0 Å². The fourth-order valence-corrected chi connectivity index (χ4v) is 4.13. The van der Waals surface area contributed by atoms with Gasteiger partial charge in [0.1, 0.15) is 5.82 Å². The number of hydrogen-bond acceptors (Lipinski definition) is 3. The molecule has 7 heteroatoms. The first-order valence-electron chi connectivity index (χ1n) is 11.0. The van der Waals surface area contributed by atoms with Crippen LogP contribution in [0.15, 0.2) is 53.5 Å². The largest absolute Gasteiger partial charge is 0.373 e. The zero-order valence-electron chi connectivity index (χ0n) is 19.5. The molecule has 2 aromatic rings. The van der Waals surface area contributed by atoms with E-state index in [-0.39, 0.29) is 41.9 Å². The van der Waals surface area contributed by atoms with E-state index in [1.54, 1.807) is 19.2 Å². The normalized spacial score (nSPS) is 19.9. The number of halogens is 2. The summed E-state index contributed by atoms with van der Waals surface area (Å²) >= 11 is 0. The van der Waals surface area contributed by atoms with Crippen LogP contribution < -0.4 is 10.6 Å². The maximum absolute atomic E-state index is 13.7. The van der Waals surface area contributed by atoms with Gasteiger partial charge >= 0.3 is 0 Å². The van der Waals surface area contributed by atoms with Gasteiger partial charge in [-0.15, -0.1) is 24.0 Å². The minimum Gasteiger partial charge on any atom is -0.373 e. The van der Waals surface area contributed by atoms with E-state index in [1.807, 2.05) is 20.2 Å². The highest BCUT2D eigenvalue weighted by Crippen LogP contribution is 2.33. The highest BCUT2D eigenvalue weighted by atomic mass is 127. The van der Waals surface area contributed by atoms with Crippen molar-refractivity contribution in [1.29, 1.82) is 0 Å². The summed E-state index contributed by atoms with van der Waals surface area (Å²) in [6, 6.07) is 15.4. The van der Waals surface area contributed by atoms with Crippen LogP contribution in [-0.2, 0) is 4.74 Å². The molecule has 2 aromatic carbocycles. The quantitative estimate of drug-likeness (QED) is 0.297. The number of likely N-dealkylation sites (N-methyl/N-ethyl adjacent to an activating group) is 1. The summed E-state index contributed by atoms with van der Waals surface area (Å²) in [5, 5.41) is 6.88. The van der Waals surface area contributed by atoms with Crippen molar-refractivity contribution in [2.45, 2.75) is 31.9 Å².